The van der Waals surface area contributed by atoms with E-state index >= 15 is 0 Å². The van der Waals surface area contributed by atoms with Gasteiger partial charge in [-0.1, -0.05) is 0 Å². The number of amides is 1. The van der Waals surface area contributed by atoms with Gasteiger partial charge in [0.2, 0.25) is 5.91 Å². The molecule has 7 heteroatoms. The Bertz CT molecular complexity index is 458. The van der Waals surface area contributed by atoms with Gasteiger partial charge in [0.1, 0.15) is 0 Å². The first kappa shape index (κ1) is 14.5. The quantitative estimate of drug-likeness (QED) is 0.808. The molecule has 0 bridgehead atoms. The number of ether oxygens (including phenoxy) is 1. The molecule has 20 heavy (non-hydrogen) atoms. The maximum atomic E-state index is 10.9. The molecule has 0 radical (unpaired) electrons. The van der Waals surface area contributed by atoms with Crippen molar-refractivity contribution in [3.8, 4) is 5.88 Å². The summed E-state index contributed by atoms with van der Waals surface area (Å²) in [6, 6.07) is 0. The van der Waals surface area contributed by atoms with Crippen LogP contribution in [0.2, 0.25) is 0 Å². The predicted octanol–water partition coefficient (Wildman–Crippen LogP) is -0.129. The molecule has 0 aliphatic carbocycles. The fourth-order valence-electron chi connectivity index (χ4n) is 2.18. The van der Waals surface area contributed by atoms with Crippen LogP contribution in [0, 0.1) is 0 Å². The highest BCUT2D eigenvalue weighted by Gasteiger charge is 2.22. The van der Waals surface area contributed by atoms with E-state index in [2.05, 4.69) is 14.9 Å². The van der Waals surface area contributed by atoms with Crippen LogP contribution < -0.4 is 15.4 Å². The van der Waals surface area contributed by atoms with Crippen molar-refractivity contribution in [1.29, 1.82) is 0 Å². The zero-order valence-corrected chi connectivity index (χ0v) is 12.0. The number of carbonyl (C=O) groups is 1. The van der Waals surface area contributed by atoms with E-state index in [0.717, 1.165) is 32.0 Å². The average Bonchev–Trinajstić information content (AvgIpc) is 2.39. The number of nitrogens with two attached hydrogens (primary N) is 1. The van der Waals surface area contributed by atoms with E-state index in [1.165, 1.54) is 0 Å². The second kappa shape index (κ2) is 6.51. The van der Waals surface area contributed by atoms with Crippen LogP contribution in [0.1, 0.15) is 13.8 Å². The lowest BCUT2D eigenvalue weighted by atomic mass is 10.3. The van der Waals surface area contributed by atoms with Crippen LogP contribution in [0.15, 0.2) is 12.4 Å². The molecule has 110 valence electrons. The molecule has 7 nitrogen and oxygen atoms in total. The summed E-state index contributed by atoms with van der Waals surface area (Å²) >= 11 is 0. The Labute approximate surface area is 118 Å². The number of rotatable bonds is 5. The first-order valence-electron chi connectivity index (χ1n) is 6.79. The third kappa shape index (κ3) is 3.80. The predicted molar refractivity (Wildman–Crippen MR) is 75.6 cm³/mol. The maximum Gasteiger partial charge on any atom is 0.257 e. The molecule has 1 amide bonds. The van der Waals surface area contributed by atoms with Crippen LogP contribution >= 0.6 is 0 Å². The van der Waals surface area contributed by atoms with Gasteiger partial charge >= 0.3 is 0 Å². The third-order valence-corrected chi connectivity index (χ3v) is 3.05. The summed E-state index contributed by atoms with van der Waals surface area (Å²) in [6.07, 6.45) is 3.35. The van der Waals surface area contributed by atoms with Gasteiger partial charge < -0.3 is 15.4 Å². The SMILES string of the molecule is CC(C)Oc1nccnc1N1CCN(CC(N)=O)CC1. The van der Waals surface area contributed by atoms with Gasteiger partial charge in [-0.25, -0.2) is 9.97 Å². The van der Waals surface area contributed by atoms with Crippen LogP contribution in [0.4, 0.5) is 5.82 Å². The van der Waals surface area contributed by atoms with E-state index < -0.39 is 0 Å². The summed E-state index contributed by atoms with van der Waals surface area (Å²) in [6.45, 7) is 7.35. The topological polar surface area (TPSA) is 84.6 Å². The lowest BCUT2D eigenvalue weighted by molar-refractivity contribution is -0.119. The van der Waals surface area contributed by atoms with Crippen LogP contribution in [0.5, 0.6) is 5.88 Å². The summed E-state index contributed by atoms with van der Waals surface area (Å²) in [4.78, 5) is 23.7. The van der Waals surface area contributed by atoms with Gasteiger partial charge in [-0.3, -0.25) is 9.69 Å². The molecule has 0 unspecified atom stereocenters. The molecule has 2 heterocycles. The number of nitrogens with zero attached hydrogens (tertiary/aromatic N) is 4. The van der Waals surface area contributed by atoms with Gasteiger partial charge in [-0.2, -0.15) is 0 Å². The van der Waals surface area contributed by atoms with Crippen molar-refractivity contribution in [1.82, 2.24) is 14.9 Å². The van der Waals surface area contributed by atoms with E-state index in [4.69, 9.17) is 10.5 Å². The number of piperazine rings is 1. The van der Waals surface area contributed by atoms with Gasteiger partial charge in [0, 0.05) is 38.6 Å². The summed E-state index contributed by atoms with van der Waals surface area (Å²) in [5, 5.41) is 0. The molecule has 0 spiro atoms. The molecule has 2 N–H and O–H groups in total. The third-order valence-electron chi connectivity index (χ3n) is 3.05. The average molecular weight is 279 g/mol. The number of hydrogen-bond donors (Lipinski definition) is 1. The Balaban J connectivity index is 2.01. The monoisotopic (exact) mass is 279 g/mol. The van der Waals surface area contributed by atoms with E-state index in [1.54, 1.807) is 12.4 Å². The van der Waals surface area contributed by atoms with E-state index in [-0.39, 0.29) is 12.0 Å². The summed E-state index contributed by atoms with van der Waals surface area (Å²) < 4.78 is 5.69. The molecule has 2 rings (SSSR count). The molecule has 0 aromatic carbocycles. The zero-order chi connectivity index (χ0) is 14.5. The molecular formula is C13H21N5O2. The molecule has 1 aromatic rings. The maximum absolute atomic E-state index is 10.9. The van der Waals surface area contributed by atoms with Crippen molar-refractivity contribution in [2.45, 2.75) is 20.0 Å². The fourth-order valence-corrected chi connectivity index (χ4v) is 2.18. The Kier molecular flexibility index (Phi) is 4.73. The molecule has 0 saturated carbocycles. The first-order valence-corrected chi connectivity index (χ1v) is 6.79. The lowest BCUT2D eigenvalue weighted by Gasteiger charge is -2.35. The standard InChI is InChI=1S/C13H21N5O2/c1-10(2)20-13-12(15-3-4-16-13)18-7-5-17(6-8-18)9-11(14)19/h3-4,10H,5-9H2,1-2H3,(H2,14,19). The number of anilines is 1. The molecule has 1 saturated heterocycles. The Hall–Kier alpha value is -1.89. The van der Waals surface area contributed by atoms with Gasteiger partial charge in [-0.15, -0.1) is 0 Å². The largest absolute Gasteiger partial charge is 0.472 e. The Morgan fingerprint density at radius 1 is 1.30 bits per heavy atom. The van der Waals surface area contributed by atoms with Crippen LogP contribution in [0.3, 0.4) is 0 Å². The Morgan fingerprint density at radius 2 is 1.95 bits per heavy atom. The normalized spacial score (nSPS) is 16.4. The number of carbonyl (C=O) groups excluding carboxylic acids is 1. The number of primary amides is 1. The molecule has 1 fully saturated rings. The van der Waals surface area contributed by atoms with Crippen LogP contribution in [0.25, 0.3) is 0 Å². The lowest BCUT2D eigenvalue weighted by Crippen LogP contribution is -2.49. The minimum atomic E-state index is -0.290. The number of aromatic nitrogens is 2. The second-order valence-electron chi connectivity index (χ2n) is 5.08. The van der Waals surface area contributed by atoms with E-state index in [1.807, 2.05) is 18.7 Å². The van der Waals surface area contributed by atoms with Crippen molar-refractivity contribution >= 4 is 11.7 Å². The van der Waals surface area contributed by atoms with Crippen molar-refractivity contribution < 1.29 is 9.53 Å². The van der Waals surface area contributed by atoms with Crippen LogP contribution in [-0.4, -0.2) is 59.6 Å². The second-order valence-corrected chi connectivity index (χ2v) is 5.08. The minimum Gasteiger partial charge on any atom is -0.472 e. The van der Waals surface area contributed by atoms with Gasteiger partial charge in [0.15, 0.2) is 5.82 Å². The van der Waals surface area contributed by atoms with Gasteiger partial charge in [0.05, 0.1) is 12.6 Å². The Morgan fingerprint density at radius 3 is 2.55 bits per heavy atom. The van der Waals surface area contributed by atoms with Crippen LogP contribution in [-0.2, 0) is 4.79 Å². The number of hydrogen-bond acceptors (Lipinski definition) is 6. The molecule has 1 aromatic heterocycles. The van der Waals surface area contributed by atoms with E-state index in [0.29, 0.717) is 12.4 Å². The highest BCUT2D eigenvalue weighted by atomic mass is 16.5. The first-order chi connectivity index (χ1) is 9.56. The highest BCUT2D eigenvalue weighted by Crippen LogP contribution is 2.24. The smallest absolute Gasteiger partial charge is 0.257 e. The van der Waals surface area contributed by atoms with Crippen molar-refractivity contribution in [3.05, 3.63) is 12.4 Å². The molecule has 1 aliphatic heterocycles. The summed E-state index contributed by atoms with van der Waals surface area (Å²) in [5.74, 6) is 1.03. The van der Waals surface area contributed by atoms with Gasteiger partial charge in [0.25, 0.3) is 5.88 Å². The minimum absolute atomic E-state index is 0.0570. The zero-order valence-electron chi connectivity index (χ0n) is 12.0. The van der Waals surface area contributed by atoms with E-state index in [9.17, 15) is 4.79 Å². The van der Waals surface area contributed by atoms with Crippen molar-refractivity contribution in [2.24, 2.45) is 5.73 Å². The van der Waals surface area contributed by atoms with Crippen molar-refractivity contribution in [3.63, 3.8) is 0 Å². The summed E-state index contributed by atoms with van der Waals surface area (Å²) in [7, 11) is 0. The van der Waals surface area contributed by atoms with Gasteiger partial charge in [-0.05, 0) is 13.8 Å². The molecule has 1 aliphatic rings. The molecule has 0 atom stereocenters. The molecular weight excluding hydrogens is 258 g/mol. The summed E-state index contributed by atoms with van der Waals surface area (Å²) in [5.41, 5.74) is 5.21. The van der Waals surface area contributed by atoms with Crippen molar-refractivity contribution in [2.75, 3.05) is 37.6 Å². The fraction of sp³-hybridized carbons (Fsp3) is 0.615. The highest BCUT2D eigenvalue weighted by molar-refractivity contribution is 5.75.